The normalized spacial score (nSPS) is 22.6. The molecule has 2 atom stereocenters. The SMILES string of the molecule is C=C(C)C(=O)OC1CCCO1.C=C(C)C(=O)OCC1CO1. The van der Waals surface area contributed by atoms with Crippen LogP contribution in [0.1, 0.15) is 26.7 Å². The molecule has 0 N–H and O–H groups in total. The monoisotopic (exact) mass is 298 g/mol. The first-order valence-corrected chi connectivity index (χ1v) is 6.82. The van der Waals surface area contributed by atoms with E-state index in [2.05, 4.69) is 13.2 Å². The number of esters is 2. The van der Waals surface area contributed by atoms with E-state index < -0.39 is 0 Å². The highest BCUT2D eigenvalue weighted by Gasteiger charge is 2.24. The molecule has 0 aliphatic carbocycles. The molecule has 6 nitrogen and oxygen atoms in total. The number of rotatable bonds is 5. The highest BCUT2D eigenvalue weighted by atomic mass is 16.7. The van der Waals surface area contributed by atoms with E-state index in [0.29, 0.717) is 31.0 Å². The molecular weight excluding hydrogens is 276 g/mol. The number of carbonyl (C=O) groups is 2. The third-order valence-electron chi connectivity index (χ3n) is 2.63. The van der Waals surface area contributed by atoms with Gasteiger partial charge < -0.3 is 18.9 Å². The van der Waals surface area contributed by atoms with Crippen molar-refractivity contribution in [3.8, 4) is 0 Å². The van der Waals surface area contributed by atoms with Crippen molar-refractivity contribution in [2.45, 2.75) is 39.1 Å². The van der Waals surface area contributed by atoms with Gasteiger partial charge >= 0.3 is 11.9 Å². The minimum Gasteiger partial charge on any atom is -0.459 e. The van der Waals surface area contributed by atoms with Crippen molar-refractivity contribution in [1.29, 1.82) is 0 Å². The first-order chi connectivity index (χ1) is 9.90. The minimum absolute atomic E-state index is 0.142. The summed E-state index contributed by atoms with van der Waals surface area (Å²) in [7, 11) is 0. The molecular formula is C15H22O6. The van der Waals surface area contributed by atoms with Crippen LogP contribution in [0.5, 0.6) is 0 Å². The van der Waals surface area contributed by atoms with Crippen LogP contribution in [0.25, 0.3) is 0 Å². The van der Waals surface area contributed by atoms with Gasteiger partial charge in [0.05, 0.1) is 13.2 Å². The van der Waals surface area contributed by atoms with E-state index in [-0.39, 0.29) is 24.3 Å². The Hall–Kier alpha value is -1.66. The molecule has 2 saturated heterocycles. The molecule has 2 aliphatic heterocycles. The molecule has 2 rings (SSSR count). The Labute approximate surface area is 124 Å². The lowest BCUT2D eigenvalue weighted by molar-refractivity contribution is -0.164. The van der Waals surface area contributed by atoms with Gasteiger partial charge in [0, 0.05) is 17.6 Å². The van der Waals surface area contributed by atoms with Crippen LogP contribution in [0.3, 0.4) is 0 Å². The van der Waals surface area contributed by atoms with Crippen molar-refractivity contribution in [2.24, 2.45) is 0 Å². The Morgan fingerprint density at radius 3 is 2.19 bits per heavy atom. The van der Waals surface area contributed by atoms with Gasteiger partial charge in [0.25, 0.3) is 0 Å². The van der Waals surface area contributed by atoms with Gasteiger partial charge in [-0.15, -0.1) is 0 Å². The molecule has 0 bridgehead atoms. The average molecular weight is 298 g/mol. The van der Waals surface area contributed by atoms with Gasteiger partial charge in [-0.3, -0.25) is 0 Å². The summed E-state index contributed by atoms with van der Waals surface area (Å²) in [5.74, 6) is -0.701. The number of hydrogen-bond donors (Lipinski definition) is 0. The lowest BCUT2D eigenvalue weighted by Crippen LogP contribution is -2.16. The standard InChI is InChI=1S/C8H12O3.C7H10O3/c1-6(2)8(9)11-7-4-3-5-10-7;1-5(2)7(8)10-4-6-3-9-6/h7H,1,3-5H2,2H3;6H,1,3-4H2,2H3. The van der Waals surface area contributed by atoms with Gasteiger partial charge in [-0.25, -0.2) is 9.59 Å². The summed E-state index contributed by atoms with van der Waals surface area (Å²) < 4.78 is 19.6. The predicted molar refractivity (Wildman–Crippen MR) is 75.4 cm³/mol. The van der Waals surface area contributed by atoms with Gasteiger partial charge in [-0.2, -0.15) is 0 Å². The van der Waals surface area contributed by atoms with Crippen LogP contribution >= 0.6 is 0 Å². The highest BCUT2D eigenvalue weighted by Crippen LogP contribution is 2.14. The van der Waals surface area contributed by atoms with Crippen molar-refractivity contribution in [3.05, 3.63) is 24.3 Å². The zero-order valence-electron chi connectivity index (χ0n) is 12.6. The van der Waals surface area contributed by atoms with Crippen molar-refractivity contribution in [2.75, 3.05) is 19.8 Å². The van der Waals surface area contributed by atoms with Crippen LogP contribution in [0.2, 0.25) is 0 Å². The maximum absolute atomic E-state index is 10.9. The van der Waals surface area contributed by atoms with Crippen LogP contribution in [0.4, 0.5) is 0 Å². The topological polar surface area (TPSA) is 74.4 Å². The van der Waals surface area contributed by atoms with E-state index in [1.807, 2.05) is 0 Å². The molecule has 2 unspecified atom stereocenters. The molecule has 0 aromatic rings. The molecule has 0 aromatic heterocycles. The lowest BCUT2D eigenvalue weighted by atomic mass is 10.3. The smallest absolute Gasteiger partial charge is 0.335 e. The van der Waals surface area contributed by atoms with E-state index in [1.54, 1.807) is 13.8 Å². The maximum atomic E-state index is 10.9. The Morgan fingerprint density at radius 2 is 1.76 bits per heavy atom. The van der Waals surface area contributed by atoms with Crippen LogP contribution in [-0.4, -0.2) is 44.2 Å². The lowest BCUT2D eigenvalue weighted by Gasteiger charge is -2.09. The highest BCUT2D eigenvalue weighted by molar-refractivity contribution is 5.87. The largest absolute Gasteiger partial charge is 0.459 e. The van der Waals surface area contributed by atoms with Crippen LogP contribution in [-0.2, 0) is 28.5 Å². The molecule has 0 saturated carbocycles. The van der Waals surface area contributed by atoms with Crippen molar-refractivity contribution in [3.63, 3.8) is 0 Å². The Kier molecular flexibility index (Phi) is 7.11. The molecule has 0 amide bonds. The number of ether oxygens (including phenoxy) is 4. The summed E-state index contributed by atoms with van der Waals surface area (Å²) in [6, 6.07) is 0. The second kappa shape index (κ2) is 8.59. The molecule has 118 valence electrons. The van der Waals surface area contributed by atoms with E-state index >= 15 is 0 Å². The average Bonchev–Trinajstić information content (AvgIpc) is 3.12. The Morgan fingerprint density at radius 1 is 1.14 bits per heavy atom. The Balaban J connectivity index is 0.000000211. The summed E-state index contributed by atoms with van der Waals surface area (Å²) in [6.07, 6.45) is 1.58. The Bertz CT molecular complexity index is 404. The van der Waals surface area contributed by atoms with Crippen molar-refractivity contribution >= 4 is 11.9 Å². The fourth-order valence-corrected chi connectivity index (χ4v) is 1.32. The number of carbonyl (C=O) groups excluding carboxylic acids is 2. The summed E-state index contributed by atoms with van der Waals surface area (Å²) in [5, 5.41) is 0. The molecule has 2 heterocycles. The van der Waals surface area contributed by atoms with Gasteiger partial charge in [-0.05, 0) is 20.3 Å². The fraction of sp³-hybridized carbons (Fsp3) is 0.600. The summed E-state index contributed by atoms with van der Waals surface area (Å²) >= 11 is 0. The van der Waals surface area contributed by atoms with Crippen LogP contribution < -0.4 is 0 Å². The first-order valence-electron chi connectivity index (χ1n) is 6.82. The zero-order chi connectivity index (χ0) is 15.8. The van der Waals surface area contributed by atoms with Crippen molar-refractivity contribution in [1.82, 2.24) is 0 Å². The van der Waals surface area contributed by atoms with Gasteiger partial charge in [0.15, 0.2) is 0 Å². The third-order valence-corrected chi connectivity index (χ3v) is 2.63. The number of epoxide rings is 1. The zero-order valence-corrected chi connectivity index (χ0v) is 12.6. The van der Waals surface area contributed by atoms with Crippen LogP contribution in [0.15, 0.2) is 24.3 Å². The maximum Gasteiger partial charge on any atom is 0.335 e. The molecule has 0 spiro atoms. The quantitative estimate of drug-likeness (QED) is 0.437. The molecule has 6 heteroatoms. The van der Waals surface area contributed by atoms with Gasteiger partial charge in [0.1, 0.15) is 12.7 Å². The van der Waals surface area contributed by atoms with Crippen LogP contribution in [0, 0.1) is 0 Å². The second-order valence-electron chi connectivity index (χ2n) is 4.96. The summed E-state index contributed by atoms with van der Waals surface area (Å²) in [6.45, 7) is 11.9. The molecule has 2 fully saturated rings. The van der Waals surface area contributed by atoms with E-state index in [1.165, 1.54) is 0 Å². The molecule has 2 aliphatic rings. The van der Waals surface area contributed by atoms with Crippen molar-refractivity contribution < 1.29 is 28.5 Å². The first kappa shape index (κ1) is 17.4. The summed E-state index contributed by atoms with van der Waals surface area (Å²) in [5.41, 5.74) is 0.848. The molecule has 21 heavy (non-hydrogen) atoms. The van der Waals surface area contributed by atoms with Gasteiger partial charge in [0.2, 0.25) is 6.29 Å². The van der Waals surface area contributed by atoms with Gasteiger partial charge in [-0.1, -0.05) is 13.2 Å². The predicted octanol–water partition coefficient (Wildman–Crippen LogP) is 1.75. The second-order valence-corrected chi connectivity index (χ2v) is 4.96. The molecule has 0 radical (unpaired) electrons. The molecule has 0 aromatic carbocycles. The van der Waals surface area contributed by atoms with E-state index in [4.69, 9.17) is 18.9 Å². The number of hydrogen-bond acceptors (Lipinski definition) is 6. The van der Waals surface area contributed by atoms with E-state index in [0.717, 1.165) is 12.8 Å². The van der Waals surface area contributed by atoms with E-state index in [9.17, 15) is 9.59 Å². The minimum atomic E-state index is -0.364. The summed E-state index contributed by atoms with van der Waals surface area (Å²) in [4.78, 5) is 21.6. The fourth-order valence-electron chi connectivity index (χ4n) is 1.32. The third kappa shape index (κ3) is 7.63.